The molecule has 398 valence electrons. The fourth-order valence-corrected chi connectivity index (χ4v) is 13.0. The van der Waals surface area contributed by atoms with E-state index in [4.69, 9.17) is 0 Å². The molecule has 4 N–H and O–H groups in total. The quantitative estimate of drug-likeness (QED) is 0.0482. The monoisotopic (exact) mass is 1030 g/mol. The Balaban J connectivity index is 1.94. The third kappa shape index (κ3) is 15.1. The van der Waals surface area contributed by atoms with Gasteiger partial charge in [0.25, 0.3) is 0 Å². The highest BCUT2D eigenvalue weighted by molar-refractivity contribution is 7.55. The average molecular weight is 1040 g/mol. The van der Waals surface area contributed by atoms with Crippen molar-refractivity contribution in [2.75, 3.05) is 0 Å². The van der Waals surface area contributed by atoms with Crippen LogP contribution in [0.25, 0.3) is 55.6 Å². The van der Waals surface area contributed by atoms with Crippen LogP contribution in [0.1, 0.15) is 155 Å². The molecular formula is C68H92O4P2. The highest BCUT2D eigenvalue weighted by Gasteiger charge is 2.32. The smallest absolute Gasteiger partial charge is 0.200 e. The van der Waals surface area contributed by atoms with Crippen LogP contribution in [0.5, 0.6) is 0 Å². The molecule has 0 fully saturated rings. The van der Waals surface area contributed by atoms with E-state index >= 15 is 0 Å². The predicted molar refractivity (Wildman–Crippen MR) is 324 cm³/mol. The highest BCUT2D eigenvalue weighted by Crippen LogP contribution is 2.51. The van der Waals surface area contributed by atoms with Gasteiger partial charge in [0.2, 0.25) is 8.38 Å². The zero-order valence-corrected chi connectivity index (χ0v) is 50.0. The topological polar surface area (TPSA) is 80.9 Å². The summed E-state index contributed by atoms with van der Waals surface area (Å²) in [6.07, 6.45) is 7.13. The molecule has 0 bridgehead atoms. The van der Waals surface area contributed by atoms with E-state index < -0.39 is 16.8 Å². The van der Waals surface area contributed by atoms with Crippen LogP contribution in [0, 0.1) is 47.3 Å². The van der Waals surface area contributed by atoms with E-state index in [9.17, 15) is 19.6 Å². The molecular weight excluding hydrogens is 943 g/mol. The van der Waals surface area contributed by atoms with Gasteiger partial charge in [0, 0.05) is 21.7 Å². The summed E-state index contributed by atoms with van der Waals surface area (Å²) in [7, 11) is -5.30. The predicted octanol–water partition coefficient (Wildman–Crippen LogP) is 17.5. The molecule has 0 aliphatic heterocycles. The van der Waals surface area contributed by atoms with E-state index in [0.717, 1.165) is 107 Å². The van der Waals surface area contributed by atoms with E-state index in [1.54, 1.807) is 0 Å². The van der Waals surface area contributed by atoms with Crippen molar-refractivity contribution in [3.8, 4) is 55.6 Å². The first-order chi connectivity index (χ1) is 34.9. The van der Waals surface area contributed by atoms with Crippen molar-refractivity contribution in [3.05, 3.63) is 142 Å². The second-order valence-corrected chi connectivity index (χ2v) is 27.2. The van der Waals surface area contributed by atoms with E-state index in [-0.39, 0.29) is 0 Å². The number of benzene rings is 6. The highest BCUT2D eigenvalue weighted by atomic mass is 31.2. The molecule has 0 aromatic heterocycles. The average Bonchev–Trinajstić information content (AvgIpc) is 3.27. The molecule has 6 aromatic rings. The second-order valence-electron chi connectivity index (χ2n) is 25.1. The third-order valence-corrected chi connectivity index (χ3v) is 15.6. The summed E-state index contributed by atoms with van der Waals surface area (Å²) in [6, 6.07) is 36.0. The van der Waals surface area contributed by atoms with E-state index in [2.05, 4.69) is 202 Å². The van der Waals surface area contributed by atoms with Gasteiger partial charge in [-0.25, -0.2) is 0 Å². The lowest BCUT2D eigenvalue weighted by Gasteiger charge is -2.29. The summed E-state index contributed by atoms with van der Waals surface area (Å²) in [5.41, 5.74) is 19.2. The van der Waals surface area contributed by atoms with Crippen LogP contribution < -0.4 is 10.6 Å². The number of hydrogen-bond acceptors (Lipinski definition) is 4. The van der Waals surface area contributed by atoms with Gasteiger partial charge in [0.1, 0.15) is 0 Å². The maximum Gasteiger partial charge on any atom is 0.200 e. The largest absolute Gasteiger partial charge is 0.347 e. The molecule has 0 amide bonds. The van der Waals surface area contributed by atoms with Crippen molar-refractivity contribution in [2.45, 2.75) is 162 Å². The van der Waals surface area contributed by atoms with Gasteiger partial charge in [-0.1, -0.05) is 202 Å². The maximum absolute atomic E-state index is 12.5. The minimum Gasteiger partial charge on any atom is -0.347 e. The lowest BCUT2D eigenvalue weighted by atomic mass is 9.78. The molecule has 6 aromatic carbocycles. The maximum atomic E-state index is 12.5. The van der Waals surface area contributed by atoms with Crippen LogP contribution in [0.3, 0.4) is 0 Å². The first-order valence-corrected chi connectivity index (χ1v) is 30.6. The van der Waals surface area contributed by atoms with Crippen molar-refractivity contribution in [1.29, 1.82) is 0 Å². The summed E-state index contributed by atoms with van der Waals surface area (Å²) in [4.78, 5) is 48.5. The summed E-state index contributed by atoms with van der Waals surface area (Å²) < 4.78 is 0. The Hall–Kier alpha value is -3.98. The molecule has 0 heterocycles. The lowest BCUT2D eigenvalue weighted by Crippen LogP contribution is -2.16. The Kier molecular flexibility index (Phi) is 21.1. The summed E-state index contributed by atoms with van der Waals surface area (Å²) in [6.45, 7) is 36.3. The summed E-state index contributed by atoms with van der Waals surface area (Å²) in [5.74, 6) is 3.32. The number of hydrogen-bond donors (Lipinski definition) is 4. The fraction of sp³-hybridized carbons (Fsp3) is 0.471. The van der Waals surface area contributed by atoms with Crippen LogP contribution in [0.4, 0.5) is 0 Å². The van der Waals surface area contributed by atoms with E-state index in [1.165, 1.54) is 44.5 Å². The Labute approximate surface area is 451 Å². The minimum absolute atomic E-state index is 0.330. The molecule has 0 aliphatic carbocycles. The third-order valence-electron chi connectivity index (χ3n) is 13.9. The zero-order chi connectivity index (χ0) is 54.3. The molecule has 74 heavy (non-hydrogen) atoms. The zero-order valence-electron chi connectivity index (χ0n) is 48.2. The van der Waals surface area contributed by atoms with Gasteiger partial charge in [0.05, 0.1) is 0 Å². The van der Waals surface area contributed by atoms with Gasteiger partial charge in [-0.15, -0.1) is 0 Å². The molecule has 0 saturated carbocycles. The first-order valence-electron chi connectivity index (χ1n) is 28.1. The van der Waals surface area contributed by atoms with Crippen molar-refractivity contribution in [3.63, 3.8) is 0 Å². The van der Waals surface area contributed by atoms with Crippen molar-refractivity contribution >= 4 is 27.4 Å². The van der Waals surface area contributed by atoms with Gasteiger partial charge < -0.3 is 19.6 Å². The van der Waals surface area contributed by atoms with E-state index in [1.807, 2.05) is 6.07 Å². The fourth-order valence-electron chi connectivity index (χ4n) is 11.5. The van der Waals surface area contributed by atoms with Gasteiger partial charge in [-0.05, 0) is 194 Å². The van der Waals surface area contributed by atoms with Crippen LogP contribution in [0.15, 0.2) is 97.1 Å². The molecule has 0 saturated heterocycles. The first kappa shape index (κ1) is 59.3. The Morgan fingerprint density at radius 1 is 0.270 bits per heavy atom. The van der Waals surface area contributed by atoms with Gasteiger partial charge >= 0.3 is 0 Å². The standard InChI is InChI=1S/C68H92O4P2/c1-41(2)29-49-17-21-57(53(37-49)33-45(9)10)61-25-26-62(58-22-18-50(30-42(3)4)38-54(58)34-46(11)12)68(74(71)72)66(61)63-27-28-64(73(69)70)67(60-24-20-52(32-44(7)8)40-56(60)36-48(15)16)65(63)59-23-19-51(31-43(5)6)39-55(59)35-47(13)14/h17-28,37-48,69-72H,29-36H2,1-16H3. The molecule has 6 heteroatoms. The van der Waals surface area contributed by atoms with Crippen LogP contribution in [0.2, 0.25) is 0 Å². The molecule has 6 rings (SSSR count). The molecule has 0 radical (unpaired) electrons. The number of rotatable bonds is 23. The molecule has 0 spiro atoms. The normalized spacial score (nSPS) is 12.4. The minimum atomic E-state index is -2.72. The van der Waals surface area contributed by atoms with Crippen molar-refractivity contribution in [1.82, 2.24) is 0 Å². The molecule has 4 nitrogen and oxygen atoms in total. The summed E-state index contributed by atoms with van der Waals surface area (Å²) in [5, 5.41) is 1.02. The second kappa shape index (κ2) is 26.4. The Morgan fingerprint density at radius 3 is 0.892 bits per heavy atom. The van der Waals surface area contributed by atoms with Crippen LogP contribution in [-0.4, -0.2) is 19.6 Å². The van der Waals surface area contributed by atoms with Crippen molar-refractivity contribution < 1.29 is 19.6 Å². The Bertz CT molecular complexity index is 2830. The lowest BCUT2D eigenvalue weighted by molar-refractivity contribution is 0.495. The Morgan fingerprint density at radius 2 is 0.554 bits per heavy atom. The van der Waals surface area contributed by atoms with Crippen LogP contribution in [-0.2, 0) is 51.4 Å². The van der Waals surface area contributed by atoms with Gasteiger partial charge in [-0.3, -0.25) is 0 Å². The molecule has 0 unspecified atom stereocenters. The van der Waals surface area contributed by atoms with Crippen molar-refractivity contribution in [2.24, 2.45) is 47.3 Å². The molecule has 0 atom stereocenters. The summed E-state index contributed by atoms with van der Waals surface area (Å²) >= 11 is 0. The van der Waals surface area contributed by atoms with Crippen LogP contribution >= 0.6 is 16.8 Å². The molecule has 0 aliphatic rings. The SMILES string of the molecule is CC(C)Cc1ccc(-c2ccc(-c3ccc(CC(C)C)cc3CC(C)C)c(P(O)O)c2-c2ccc(P(O)O)c(-c3ccc(CC(C)C)cc3CC(C)C)c2-c2ccc(CC(C)C)cc2CC(C)C)c(CC(C)C)c1. The van der Waals surface area contributed by atoms with Gasteiger partial charge in [-0.2, -0.15) is 0 Å². The van der Waals surface area contributed by atoms with Gasteiger partial charge in [0.15, 0.2) is 8.38 Å². The van der Waals surface area contributed by atoms with E-state index in [0.29, 0.717) is 58.0 Å².